The first-order chi connectivity index (χ1) is 8.80. The number of aromatic nitrogens is 2. The number of halogens is 3. The Hall–Kier alpha value is -0.730. The highest BCUT2D eigenvalue weighted by molar-refractivity contribution is 9.10. The van der Waals surface area contributed by atoms with E-state index >= 15 is 0 Å². The van der Waals surface area contributed by atoms with Crippen molar-refractivity contribution in [1.29, 1.82) is 0 Å². The normalized spacial score (nSPS) is 11.6. The Bertz CT molecular complexity index is 752. The van der Waals surface area contributed by atoms with Crippen LogP contribution >= 0.6 is 39.1 Å². The minimum Gasteiger partial charge on any atom is -0.249 e. The summed E-state index contributed by atoms with van der Waals surface area (Å²) in [6.45, 7) is 0. The quantitative estimate of drug-likeness (QED) is 0.809. The standard InChI is InChI=1S/C10H6BrCl2N3O2S/c11-7-3-5(1-2-15-7)8-6(12)4-16-10(13)9(8)19(14,17)18/h1-4H,(H2,14,17,18). The topological polar surface area (TPSA) is 85.9 Å². The molecule has 9 heteroatoms. The third-order valence-corrected chi connectivity index (χ3v) is 4.33. The van der Waals surface area contributed by atoms with E-state index in [2.05, 4.69) is 25.9 Å². The number of nitrogens with zero attached hydrogens (tertiary/aromatic N) is 2. The van der Waals surface area contributed by atoms with Gasteiger partial charge in [0.1, 0.15) is 14.7 Å². The van der Waals surface area contributed by atoms with Gasteiger partial charge < -0.3 is 0 Å². The Morgan fingerprint density at radius 1 is 1.26 bits per heavy atom. The summed E-state index contributed by atoms with van der Waals surface area (Å²) < 4.78 is 23.8. The molecule has 0 fully saturated rings. The van der Waals surface area contributed by atoms with Gasteiger partial charge in [-0.25, -0.2) is 23.5 Å². The Balaban J connectivity index is 2.87. The van der Waals surface area contributed by atoms with Crippen LogP contribution in [0.4, 0.5) is 0 Å². The van der Waals surface area contributed by atoms with Crippen LogP contribution in [0.25, 0.3) is 11.1 Å². The fourth-order valence-corrected chi connectivity index (χ4v) is 3.47. The molecule has 0 aliphatic rings. The summed E-state index contributed by atoms with van der Waals surface area (Å²) in [4.78, 5) is 7.35. The summed E-state index contributed by atoms with van der Waals surface area (Å²) >= 11 is 15.0. The van der Waals surface area contributed by atoms with Crippen LogP contribution < -0.4 is 5.14 Å². The highest BCUT2D eigenvalue weighted by atomic mass is 79.9. The molecular formula is C10H6BrCl2N3O2S. The van der Waals surface area contributed by atoms with Gasteiger partial charge in [-0.15, -0.1) is 0 Å². The van der Waals surface area contributed by atoms with Gasteiger partial charge in [-0.2, -0.15) is 0 Å². The third kappa shape index (κ3) is 3.06. The van der Waals surface area contributed by atoms with Crippen molar-refractivity contribution in [3.05, 3.63) is 39.3 Å². The Morgan fingerprint density at radius 2 is 1.95 bits per heavy atom. The molecule has 2 N–H and O–H groups in total. The molecule has 0 radical (unpaired) electrons. The van der Waals surface area contributed by atoms with Crippen LogP contribution in [-0.4, -0.2) is 18.4 Å². The zero-order valence-corrected chi connectivity index (χ0v) is 13.1. The van der Waals surface area contributed by atoms with Crippen LogP contribution in [0.1, 0.15) is 0 Å². The van der Waals surface area contributed by atoms with Gasteiger partial charge in [-0.1, -0.05) is 23.2 Å². The SMILES string of the molecule is NS(=O)(=O)c1c(Cl)ncc(Cl)c1-c1ccnc(Br)c1. The van der Waals surface area contributed by atoms with Crippen LogP contribution in [-0.2, 0) is 10.0 Å². The lowest BCUT2D eigenvalue weighted by Crippen LogP contribution is -2.15. The van der Waals surface area contributed by atoms with Crippen LogP contribution in [0.5, 0.6) is 0 Å². The molecule has 2 aromatic heterocycles. The predicted molar refractivity (Wildman–Crippen MR) is 76.6 cm³/mol. The molecule has 2 heterocycles. The summed E-state index contributed by atoms with van der Waals surface area (Å²) in [5, 5.41) is 5.07. The number of hydrogen-bond acceptors (Lipinski definition) is 4. The second-order valence-corrected chi connectivity index (χ2v) is 6.59. The van der Waals surface area contributed by atoms with E-state index in [0.717, 1.165) is 0 Å². The monoisotopic (exact) mass is 381 g/mol. The lowest BCUT2D eigenvalue weighted by atomic mass is 10.1. The van der Waals surface area contributed by atoms with Crippen molar-refractivity contribution in [3.8, 4) is 11.1 Å². The molecule has 0 amide bonds. The highest BCUT2D eigenvalue weighted by Crippen LogP contribution is 2.37. The number of nitrogens with two attached hydrogens (primary N) is 1. The fourth-order valence-electron chi connectivity index (χ4n) is 1.53. The minimum atomic E-state index is -4.06. The molecule has 100 valence electrons. The van der Waals surface area contributed by atoms with E-state index in [-0.39, 0.29) is 20.6 Å². The van der Waals surface area contributed by atoms with Crippen molar-refractivity contribution >= 4 is 49.2 Å². The maximum atomic E-state index is 11.7. The van der Waals surface area contributed by atoms with Crippen LogP contribution in [0.2, 0.25) is 10.2 Å². The maximum absolute atomic E-state index is 11.7. The van der Waals surface area contributed by atoms with Crippen LogP contribution in [0, 0.1) is 0 Å². The van der Waals surface area contributed by atoms with Gasteiger partial charge in [0.25, 0.3) is 0 Å². The van der Waals surface area contributed by atoms with Crippen molar-refractivity contribution in [3.63, 3.8) is 0 Å². The molecule has 0 spiro atoms. The zero-order chi connectivity index (χ0) is 14.2. The van der Waals surface area contributed by atoms with Gasteiger partial charge in [-0.3, -0.25) is 0 Å². The Labute approximate surface area is 128 Å². The Morgan fingerprint density at radius 3 is 2.53 bits per heavy atom. The molecule has 0 aliphatic carbocycles. The van der Waals surface area contributed by atoms with Gasteiger partial charge in [0.15, 0.2) is 0 Å². The lowest BCUT2D eigenvalue weighted by Gasteiger charge is -2.11. The zero-order valence-electron chi connectivity index (χ0n) is 9.14. The molecule has 0 unspecified atom stereocenters. The average Bonchev–Trinajstić information content (AvgIpc) is 2.30. The van der Waals surface area contributed by atoms with Crippen molar-refractivity contribution in [2.24, 2.45) is 5.14 Å². The molecule has 5 nitrogen and oxygen atoms in total. The van der Waals surface area contributed by atoms with Crippen LogP contribution in [0.3, 0.4) is 0 Å². The van der Waals surface area contributed by atoms with Gasteiger partial charge in [0, 0.05) is 18.0 Å². The van der Waals surface area contributed by atoms with Crippen LogP contribution in [0.15, 0.2) is 34.0 Å². The van der Waals surface area contributed by atoms with E-state index in [1.54, 1.807) is 12.1 Å². The molecule has 0 saturated carbocycles. The molecule has 2 aromatic rings. The summed E-state index contributed by atoms with van der Waals surface area (Å²) in [5.41, 5.74) is 0.715. The van der Waals surface area contributed by atoms with Crippen molar-refractivity contribution in [2.75, 3.05) is 0 Å². The molecule has 0 bridgehead atoms. The van der Waals surface area contributed by atoms with Gasteiger partial charge in [0.2, 0.25) is 10.0 Å². The number of primary sulfonamides is 1. The molecule has 0 aliphatic heterocycles. The third-order valence-electron chi connectivity index (χ3n) is 2.24. The molecule has 0 saturated heterocycles. The summed E-state index contributed by atoms with van der Waals surface area (Å²) in [6, 6.07) is 3.20. The largest absolute Gasteiger partial charge is 0.249 e. The Kier molecular flexibility index (Phi) is 4.12. The number of rotatable bonds is 2. The van der Waals surface area contributed by atoms with E-state index in [9.17, 15) is 8.42 Å². The number of sulfonamides is 1. The van der Waals surface area contributed by atoms with E-state index in [1.807, 2.05) is 0 Å². The second kappa shape index (κ2) is 5.34. The van der Waals surface area contributed by atoms with Gasteiger partial charge >= 0.3 is 0 Å². The molecule has 2 rings (SSSR count). The fraction of sp³-hybridized carbons (Fsp3) is 0. The average molecular weight is 383 g/mol. The van der Waals surface area contributed by atoms with Crippen molar-refractivity contribution < 1.29 is 8.42 Å². The van der Waals surface area contributed by atoms with Gasteiger partial charge in [0.05, 0.1) is 5.02 Å². The van der Waals surface area contributed by atoms with E-state index in [1.165, 1.54) is 12.4 Å². The number of pyridine rings is 2. The van der Waals surface area contributed by atoms with Crippen molar-refractivity contribution in [1.82, 2.24) is 9.97 Å². The summed E-state index contributed by atoms with van der Waals surface area (Å²) in [7, 11) is -4.06. The first-order valence-corrected chi connectivity index (χ1v) is 7.89. The lowest BCUT2D eigenvalue weighted by molar-refractivity contribution is 0.597. The van der Waals surface area contributed by atoms with E-state index in [4.69, 9.17) is 28.3 Å². The predicted octanol–water partition coefficient (Wildman–Crippen LogP) is 2.86. The minimum absolute atomic E-state index is 0.131. The summed E-state index contributed by atoms with van der Waals surface area (Å²) in [6.07, 6.45) is 2.76. The van der Waals surface area contributed by atoms with Gasteiger partial charge in [-0.05, 0) is 33.6 Å². The molecular weight excluding hydrogens is 377 g/mol. The molecule has 0 aromatic carbocycles. The second-order valence-electron chi connectivity index (χ2n) is 3.51. The van der Waals surface area contributed by atoms with E-state index < -0.39 is 10.0 Å². The number of hydrogen-bond donors (Lipinski definition) is 1. The first kappa shape index (κ1) is 14.7. The smallest absolute Gasteiger partial charge is 0.241 e. The molecule has 19 heavy (non-hydrogen) atoms. The highest BCUT2D eigenvalue weighted by Gasteiger charge is 2.23. The maximum Gasteiger partial charge on any atom is 0.241 e. The summed E-state index contributed by atoms with van der Waals surface area (Å²) in [5.74, 6) is 0. The first-order valence-electron chi connectivity index (χ1n) is 4.79. The molecule has 0 atom stereocenters. The van der Waals surface area contributed by atoms with Crippen molar-refractivity contribution in [2.45, 2.75) is 4.90 Å². The van der Waals surface area contributed by atoms with E-state index in [0.29, 0.717) is 10.2 Å².